The normalized spacial score (nSPS) is 12.2. The summed E-state index contributed by atoms with van der Waals surface area (Å²) >= 11 is 6.26. The van der Waals surface area contributed by atoms with Crippen LogP contribution in [-0.4, -0.2) is 60.1 Å². The number of rotatable bonds is 10. The second-order valence-electron chi connectivity index (χ2n) is 9.54. The molecule has 10 nitrogen and oxygen atoms in total. The van der Waals surface area contributed by atoms with Gasteiger partial charge in [0.15, 0.2) is 17.3 Å². The SMILES string of the molecule is CCNC(=O)c1cc(C#N)cc(C)c1CC(=O)c1cc(Cn2ncc(C(F)(F)C(F)(F)C(F)(F)F)n2)nn1-c1ncccc1Cl. The van der Waals surface area contributed by atoms with Crippen LogP contribution in [0.3, 0.4) is 0 Å². The van der Waals surface area contributed by atoms with Gasteiger partial charge in [0.05, 0.1) is 28.5 Å². The number of ketones is 1. The van der Waals surface area contributed by atoms with Crippen molar-refractivity contribution in [2.75, 3.05) is 6.54 Å². The van der Waals surface area contributed by atoms with E-state index in [9.17, 15) is 45.6 Å². The van der Waals surface area contributed by atoms with Crippen LogP contribution in [0.1, 0.15) is 55.8 Å². The number of alkyl halides is 7. The van der Waals surface area contributed by atoms with E-state index in [1.54, 1.807) is 13.8 Å². The molecule has 0 aliphatic heterocycles. The van der Waals surface area contributed by atoms with Crippen LogP contribution in [0.5, 0.6) is 0 Å². The topological polar surface area (TPSA) is 131 Å². The van der Waals surface area contributed by atoms with Crippen LogP contribution in [0.25, 0.3) is 5.82 Å². The molecule has 0 radical (unpaired) electrons. The highest BCUT2D eigenvalue weighted by molar-refractivity contribution is 6.32. The summed E-state index contributed by atoms with van der Waals surface area (Å²) in [7, 11) is 0. The van der Waals surface area contributed by atoms with E-state index in [-0.39, 0.29) is 58.1 Å². The number of nitrogens with zero attached hydrogens (tertiary/aromatic N) is 7. The molecule has 0 aliphatic rings. The highest BCUT2D eigenvalue weighted by Gasteiger charge is 2.74. The summed E-state index contributed by atoms with van der Waals surface area (Å²) in [6, 6.07) is 8.86. The van der Waals surface area contributed by atoms with E-state index in [1.165, 1.54) is 36.5 Å². The van der Waals surface area contributed by atoms with Crippen molar-refractivity contribution in [3.8, 4) is 11.9 Å². The minimum Gasteiger partial charge on any atom is -0.352 e. The predicted molar refractivity (Wildman–Crippen MR) is 142 cm³/mol. The first kappa shape index (κ1) is 33.1. The largest absolute Gasteiger partial charge is 0.460 e. The Labute approximate surface area is 254 Å². The summed E-state index contributed by atoms with van der Waals surface area (Å²) < 4.78 is 94.2. The van der Waals surface area contributed by atoms with Gasteiger partial charge in [-0.15, -0.1) is 0 Å². The molecule has 0 aliphatic carbocycles. The van der Waals surface area contributed by atoms with Crippen LogP contribution in [0.15, 0.2) is 42.7 Å². The van der Waals surface area contributed by atoms with E-state index in [4.69, 9.17) is 11.6 Å². The standard InChI is InChI=1S/C27H20ClF7N8O2/c1-3-37-24(45)18-8-15(11-36)7-14(2)17(18)10-21(44)20-9-16(40-43(20)23-19(28)5-4-6-38-23)13-42-39-12-22(41-42)25(29,30)26(31,32)27(33,34)35/h4-9,12H,3,10,13H2,1-2H3,(H,37,45). The number of nitriles is 1. The van der Waals surface area contributed by atoms with Crippen LogP contribution in [0.2, 0.25) is 5.02 Å². The predicted octanol–water partition coefficient (Wildman–Crippen LogP) is 5.21. The molecule has 4 rings (SSSR count). The smallest absolute Gasteiger partial charge is 0.352 e. The molecule has 0 bridgehead atoms. The number of nitrogens with one attached hydrogen (secondary N) is 1. The van der Waals surface area contributed by atoms with Crippen molar-refractivity contribution in [3.63, 3.8) is 0 Å². The molecule has 4 aromatic rings. The van der Waals surface area contributed by atoms with Crippen LogP contribution in [-0.2, 0) is 18.9 Å². The van der Waals surface area contributed by atoms with Crippen molar-refractivity contribution in [2.24, 2.45) is 0 Å². The van der Waals surface area contributed by atoms with Crippen molar-refractivity contribution >= 4 is 23.3 Å². The number of amides is 1. The van der Waals surface area contributed by atoms with Gasteiger partial charge in [-0.2, -0.15) is 56.1 Å². The van der Waals surface area contributed by atoms with E-state index in [2.05, 4.69) is 25.6 Å². The molecule has 236 valence electrons. The fraction of sp³-hybridized carbons (Fsp3) is 0.296. The number of carbonyl (C=O) groups is 2. The lowest BCUT2D eigenvalue weighted by Crippen LogP contribution is -2.50. The van der Waals surface area contributed by atoms with Crippen LogP contribution in [0.4, 0.5) is 30.7 Å². The van der Waals surface area contributed by atoms with Gasteiger partial charge in [-0.25, -0.2) is 9.67 Å². The average Bonchev–Trinajstić information content (AvgIpc) is 3.61. The Morgan fingerprint density at radius 2 is 1.80 bits per heavy atom. The summed E-state index contributed by atoms with van der Waals surface area (Å²) in [5.74, 6) is -13.4. The Hall–Kier alpha value is -4.85. The number of halogens is 8. The highest BCUT2D eigenvalue weighted by Crippen LogP contribution is 2.51. The molecule has 0 saturated carbocycles. The number of hydrogen-bond donors (Lipinski definition) is 1. The molecule has 1 aromatic carbocycles. The molecule has 0 unspecified atom stereocenters. The highest BCUT2D eigenvalue weighted by atomic mass is 35.5. The van der Waals surface area contributed by atoms with Gasteiger partial charge in [0.25, 0.3) is 5.91 Å². The van der Waals surface area contributed by atoms with Gasteiger partial charge in [0, 0.05) is 24.7 Å². The zero-order chi connectivity index (χ0) is 33.3. The quantitative estimate of drug-likeness (QED) is 0.183. The first-order valence-electron chi connectivity index (χ1n) is 12.8. The fourth-order valence-corrected chi connectivity index (χ4v) is 4.43. The van der Waals surface area contributed by atoms with Crippen LogP contribution in [0, 0.1) is 18.3 Å². The van der Waals surface area contributed by atoms with E-state index < -0.39 is 42.0 Å². The molecule has 0 saturated heterocycles. The lowest BCUT2D eigenvalue weighted by molar-refractivity contribution is -0.360. The number of benzene rings is 1. The van der Waals surface area contributed by atoms with Crippen molar-refractivity contribution in [1.82, 2.24) is 35.1 Å². The lowest BCUT2D eigenvalue weighted by Gasteiger charge is -2.26. The fourth-order valence-electron chi connectivity index (χ4n) is 4.23. The molecular weight excluding hydrogens is 637 g/mol. The molecule has 1 N–H and O–H groups in total. The Bertz CT molecular complexity index is 1810. The number of Topliss-reactive ketones (excluding diaryl/α,β-unsaturated/α-hetero) is 1. The van der Waals surface area contributed by atoms with Crippen molar-refractivity contribution in [3.05, 3.63) is 87.1 Å². The average molecular weight is 657 g/mol. The van der Waals surface area contributed by atoms with Crippen LogP contribution >= 0.6 is 11.6 Å². The second kappa shape index (κ2) is 12.3. The molecule has 3 heterocycles. The molecular formula is C27H20ClF7N8O2. The number of aromatic nitrogens is 6. The first-order chi connectivity index (χ1) is 21.0. The van der Waals surface area contributed by atoms with Gasteiger partial charge >= 0.3 is 18.0 Å². The van der Waals surface area contributed by atoms with Crippen molar-refractivity contribution < 1.29 is 40.3 Å². The minimum atomic E-state index is -6.57. The van der Waals surface area contributed by atoms with Crippen LogP contribution < -0.4 is 5.32 Å². The summed E-state index contributed by atoms with van der Waals surface area (Å²) in [5.41, 5.74) is -1.22. The minimum absolute atomic E-state index is 0.0345. The summed E-state index contributed by atoms with van der Waals surface area (Å²) in [6.45, 7) is 2.90. The molecule has 0 spiro atoms. The third-order valence-electron chi connectivity index (χ3n) is 6.42. The molecule has 0 fully saturated rings. The molecule has 1 amide bonds. The maximum Gasteiger partial charge on any atom is 0.460 e. The van der Waals surface area contributed by atoms with E-state index in [1.807, 2.05) is 6.07 Å². The number of pyridine rings is 1. The van der Waals surface area contributed by atoms with Crippen molar-refractivity contribution in [1.29, 1.82) is 5.26 Å². The molecule has 3 aromatic heterocycles. The number of carbonyl (C=O) groups excluding carboxylic acids is 2. The Morgan fingerprint density at radius 3 is 2.42 bits per heavy atom. The number of hydrogen-bond acceptors (Lipinski definition) is 7. The van der Waals surface area contributed by atoms with E-state index in [0.717, 1.165) is 4.68 Å². The van der Waals surface area contributed by atoms with Gasteiger partial charge < -0.3 is 5.32 Å². The van der Waals surface area contributed by atoms with E-state index >= 15 is 0 Å². The lowest BCUT2D eigenvalue weighted by atomic mass is 9.93. The third-order valence-corrected chi connectivity index (χ3v) is 6.71. The Morgan fingerprint density at radius 1 is 1.09 bits per heavy atom. The van der Waals surface area contributed by atoms with Gasteiger partial charge in [-0.1, -0.05) is 11.6 Å². The van der Waals surface area contributed by atoms with Gasteiger partial charge in [-0.05, 0) is 55.3 Å². The molecule has 45 heavy (non-hydrogen) atoms. The van der Waals surface area contributed by atoms with Crippen molar-refractivity contribution in [2.45, 2.75) is 44.8 Å². The first-order valence-corrected chi connectivity index (χ1v) is 13.2. The maximum atomic E-state index is 14.1. The Balaban J connectivity index is 1.74. The van der Waals surface area contributed by atoms with E-state index in [0.29, 0.717) is 10.4 Å². The van der Waals surface area contributed by atoms with Gasteiger partial charge in [0.1, 0.15) is 12.2 Å². The Kier molecular flexibility index (Phi) is 9.01. The maximum absolute atomic E-state index is 14.1. The summed E-state index contributed by atoms with van der Waals surface area (Å²) in [5, 5.41) is 22.7. The monoisotopic (exact) mass is 656 g/mol. The summed E-state index contributed by atoms with van der Waals surface area (Å²) in [4.78, 5) is 31.0. The number of aryl methyl sites for hydroxylation is 1. The second-order valence-corrected chi connectivity index (χ2v) is 9.95. The zero-order valence-electron chi connectivity index (χ0n) is 23.1. The zero-order valence-corrected chi connectivity index (χ0v) is 23.9. The van der Waals surface area contributed by atoms with Gasteiger partial charge in [-0.3, -0.25) is 9.59 Å². The third kappa shape index (κ3) is 6.36. The van der Waals surface area contributed by atoms with Gasteiger partial charge in [0.2, 0.25) is 0 Å². The molecule has 0 atom stereocenters. The molecule has 18 heteroatoms. The summed E-state index contributed by atoms with van der Waals surface area (Å²) in [6.07, 6.45) is -5.56.